The summed E-state index contributed by atoms with van der Waals surface area (Å²) in [6.45, 7) is 2.87. The molecule has 0 saturated heterocycles. The van der Waals surface area contributed by atoms with E-state index in [1.807, 2.05) is 19.1 Å². The third-order valence-corrected chi connectivity index (χ3v) is 2.44. The summed E-state index contributed by atoms with van der Waals surface area (Å²) in [5.41, 5.74) is 0. The van der Waals surface area contributed by atoms with Gasteiger partial charge < -0.3 is 4.74 Å². The van der Waals surface area contributed by atoms with Crippen LogP contribution in [0.4, 0.5) is 0 Å². The standard InChI is InChI=1S/C8H10N2OS/c1-6-5-10-12-7-3-2-4-9-8(7)11-6/h2-4,6,10H,5H2,1H3/t6-/m1/s1. The van der Waals surface area contributed by atoms with Crippen LogP contribution in [0.1, 0.15) is 6.92 Å². The van der Waals surface area contributed by atoms with Crippen molar-refractivity contribution in [3.63, 3.8) is 0 Å². The van der Waals surface area contributed by atoms with Gasteiger partial charge in [0.15, 0.2) is 0 Å². The summed E-state index contributed by atoms with van der Waals surface area (Å²) in [6.07, 6.45) is 1.94. The average Bonchev–Trinajstić information content (AvgIpc) is 2.25. The van der Waals surface area contributed by atoms with E-state index in [1.54, 1.807) is 18.1 Å². The molecule has 0 aliphatic carbocycles. The Balaban J connectivity index is 2.31. The summed E-state index contributed by atoms with van der Waals surface area (Å²) in [7, 11) is 0. The first-order valence-electron chi connectivity index (χ1n) is 3.87. The van der Waals surface area contributed by atoms with Gasteiger partial charge in [-0.15, -0.1) is 0 Å². The average molecular weight is 182 g/mol. The van der Waals surface area contributed by atoms with Crippen molar-refractivity contribution in [1.82, 2.24) is 9.71 Å². The highest BCUT2D eigenvalue weighted by Gasteiger charge is 2.13. The second-order valence-electron chi connectivity index (χ2n) is 2.69. The van der Waals surface area contributed by atoms with Crippen LogP contribution in [0.15, 0.2) is 23.2 Å². The third-order valence-electron chi connectivity index (χ3n) is 1.60. The second kappa shape index (κ2) is 3.33. The normalized spacial score (nSPS) is 22.2. The Kier molecular flexibility index (Phi) is 2.19. The molecule has 1 aliphatic rings. The van der Waals surface area contributed by atoms with Crippen molar-refractivity contribution in [1.29, 1.82) is 0 Å². The van der Waals surface area contributed by atoms with Crippen molar-refractivity contribution in [2.75, 3.05) is 6.54 Å². The van der Waals surface area contributed by atoms with Crippen LogP contribution in [0.25, 0.3) is 0 Å². The first-order chi connectivity index (χ1) is 5.86. The van der Waals surface area contributed by atoms with Gasteiger partial charge in [-0.1, -0.05) is 0 Å². The molecule has 0 saturated carbocycles. The lowest BCUT2D eigenvalue weighted by Gasteiger charge is -2.09. The number of fused-ring (bicyclic) bond motifs is 1. The smallest absolute Gasteiger partial charge is 0.228 e. The number of hydrogen-bond donors (Lipinski definition) is 1. The molecule has 12 heavy (non-hydrogen) atoms. The van der Waals surface area contributed by atoms with E-state index in [4.69, 9.17) is 4.74 Å². The molecule has 0 radical (unpaired) electrons. The molecule has 3 nitrogen and oxygen atoms in total. The predicted molar refractivity (Wildman–Crippen MR) is 48.2 cm³/mol. The van der Waals surface area contributed by atoms with Crippen molar-refractivity contribution >= 4 is 11.9 Å². The van der Waals surface area contributed by atoms with Crippen LogP contribution in [0.2, 0.25) is 0 Å². The molecule has 0 fully saturated rings. The van der Waals surface area contributed by atoms with Crippen LogP contribution in [0.3, 0.4) is 0 Å². The van der Waals surface area contributed by atoms with Gasteiger partial charge >= 0.3 is 0 Å². The highest BCUT2D eigenvalue weighted by Crippen LogP contribution is 2.27. The number of ether oxygens (including phenoxy) is 1. The second-order valence-corrected chi connectivity index (χ2v) is 3.62. The van der Waals surface area contributed by atoms with E-state index in [9.17, 15) is 0 Å². The Hall–Kier alpha value is -0.740. The van der Waals surface area contributed by atoms with Gasteiger partial charge in [0.1, 0.15) is 6.10 Å². The molecule has 1 aromatic rings. The van der Waals surface area contributed by atoms with E-state index in [0.29, 0.717) is 0 Å². The Morgan fingerprint density at radius 1 is 1.75 bits per heavy atom. The Bertz CT molecular complexity index is 280. The van der Waals surface area contributed by atoms with Crippen LogP contribution >= 0.6 is 11.9 Å². The molecule has 0 aromatic carbocycles. The number of nitrogens with zero attached hydrogens (tertiary/aromatic N) is 1. The maximum absolute atomic E-state index is 5.56. The van der Waals surface area contributed by atoms with Crippen molar-refractivity contribution < 1.29 is 4.74 Å². The molecule has 0 unspecified atom stereocenters. The zero-order valence-corrected chi connectivity index (χ0v) is 7.60. The van der Waals surface area contributed by atoms with Crippen molar-refractivity contribution in [2.45, 2.75) is 17.9 Å². The molecule has 2 rings (SSSR count). The van der Waals surface area contributed by atoms with E-state index in [1.165, 1.54) is 0 Å². The maximum atomic E-state index is 5.56. The van der Waals surface area contributed by atoms with Crippen molar-refractivity contribution in [2.24, 2.45) is 0 Å². The van der Waals surface area contributed by atoms with Gasteiger partial charge in [0.25, 0.3) is 0 Å². The molecule has 1 N–H and O–H groups in total. The number of hydrogen-bond acceptors (Lipinski definition) is 4. The molecular weight excluding hydrogens is 172 g/mol. The predicted octanol–water partition coefficient (Wildman–Crippen LogP) is 1.46. The number of aromatic nitrogens is 1. The molecule has 1 atom stereocenters. The summed E-state index contributed by atoms with van der Waals surface area (Å²) in [5, 5.41) is 0. The highest BCUT2D eigenvalue weighted by molar-refractivity contribution is 7.97. The summed E-state index contributed by atoms with van der Waals surface area (Å²) < 4.78 is 8.77. The van der Waals surface area contributed by atoms with E-state index >= 15 is 0 Å². The number of pyridine rings is 1. The first-order valence-corrected chi connectivity index (χ1v) is 4.69. The minimum atomic E-state index is 0.189. The van der Waals surface area contributed by atoms with Gasteiger partial charge in [0.05, 0.1) is 4.90 Å². The van der Waals surface area contributed by atoms with Crippen LogP contribution in [0.5, 0.6) is 5.88 Å². The van der Waals surface area contributed by atoms with E-state index in [2.05, 4.69) is 9.71 Å². The molecule has 4 heteroatoms. The molecule has 1 aromatic heterocycles. The summed E-state index contributed by atoms with van der Waals surface area (Å²) in [6, 6.07) is 3.91. The van der Waals surface area contributed by atoms with Crippen LogP contribution in [0, 0.1) is 0 Å². The minimum Gasteiger partial charge on any atom is -0.472 e. The van der Waals surface area contributed by atoms with Crippen molar-refractivity contribution in [3.8, 4) is 5.88 Å². The van der Waals surface area contributed by atoms with E-state index < -0.39 is 0 Å². The van der Waals surface area contributed by atoms with Gasteiger partial charge in [-0.05, 0) is 31.0 Å². The molecule has 2 heterocycles. The molecule has 64 valence electrons. The van der Waals surface area contributed by atoms with Crippen LogP contribution in [-0.4, -0.2) is 17.6 Å². The Morgan fingerprint density at radius 3 is 3.58 bits per heavy atom. The lowest BCUT2D eigenvalue weighted by Crippen LogP contribution is -2.22. The minimum absolute atomic E-state index is 0.189. The van der Waals surface area contributed by atoms with Crippen LogP contribution in [-0.2, 0) is 0 Å². The first kappa shape index (κ1) is 7.89. The molecule has 0 amide bonds. The molecule has 0 bridgehead atoms. The summed E-state index contributed by atoms with van der Waals surface area (Å²) >= 11 is 1.58. The van der Waals surface area contributed by atoms with Crippen molar-refractivity contribution in [3.05, 3.63) is 18.3 Å². The van der Waals surface area contributed by atoms with Gasteiger partial charge in [0, 0.05) is 12.7 Å². The maximum Gasteiger partial charge on any atom is 0.228 e. The number of rotatable bonds is 0. The fraction of sp³-hybridized carbons (Fsp3) is 0.375. The Labute approximate surface area is 75.7 Å². The van der Waals surface area contributed by atoms with E-state index in [0.717, 1.165) is 17.3 Å². The fourth-order valence-corrected chi connectivity index (χ4v) is 1.82. The largest absolute Gasteiger partial charge is 0.472 e. The Morgan fingerprint density at radius 2 is 2.67 bits per heavy atom. The zero-order chi connectivity index (χ0) is 8.39. The SMILES string of the molecule is C[C@@H]1CNSc2cccnc2O1. The molecule has 0 spiro atoms. The lowest BCUT2D eigenvalue weighted by atomic mass is 10.4. The van der Waals surface area contributed by atoms with Gasteiger partial charge in [-0.2, -0.15) is 0 Å². The molecular formula is C8H10N2OS. The fourth-order valence-electron chi connectivity index (χ4n) is 1.01. The van der Waals surface area contributed by atoms with Gasteiger partial charge in [-0.25, -0.2) is 4.98 Å². The monoisotopic (exact) mass is 182 g/mol. The zero-order valence-electron chi connectivity index (χ0n) is 6.78. The lowest BCUT2D eigenvalue weighted by molar-refractivity contribution is 0.215. The third kappa shape index (κ3) is 1.54. The summed E-state index contributed by atoms with van der Waals surface area (Å²) in [5.74, 6) is 0.736. The quantitative estimate of drug-likeness (QED) is 0.616. The topological polar surface area (TPSA) is 34.2 Å². The van der Waals surface area contributed by atoms with E-state index in [-0.39, 0.29) is 6.10 Å². The highest BCUT2D eigenvalue weighted by atomic mass is 32.2. The summed E-state index contributed by atoms with van der Waals surface area (Å²) in [4.78, 5) is 5.20. The molecule has 1 aliphatic heterocycles. The number of nitrogens with one attached hydrogen (secondary N) is 1. The van der Waals surface area contributed by atoms with Crippen LogP contribution < -0.4 is 9.46 Å². The van der Waals surface area contributed by atoms with Gasteiger partial charge in [0.2, 0.25) is 5.88 Å². The van der Waals surface area contributed by atoms with Gasteiger partial charge in [-0.3, -0.25) is 4.72 Å².